The monoisotopic (exact) mass is 222 g/mol. The van der Waals surface area contributed by atoms with E-state index in [2.05, 4.69) is 11.7 Å². The first kappa shape index (κ1) is 15.3. The normalized spacial score (nSPS) is 7.87. The maximum absolute atomic E-state index is 10.0. The summed E-state index contributed by atoms with van der Waals surface area (Å²) < 4.78 is 0. The number of carboxylic acid groups (broad SMARTS) is 2. The maximum atomic E-state index is 10.0. The summed E-state index contributed by atoms with van der Waals surface area (Å²) in [5.41, 5.74) is 3.17. The van der Waals surface area contributed by atoms with Gasteiger partial charge in [0.1, 0.15) is 6.42 Å². The smallest absolute Gasteiger partial charge is 0.324 e. The fourth-order valence-corrected chi connectivity index (χ4v) is 0.260. The van der Waals surface area contributed by atoms with Crippen LogP contribution in [0.3, 0.4) is 0 Å². The van der Waals surface area contributed by atoms with Crippen molar-refractivity contribution in [1.29, 1.82) is 0 Å². The highest BCUT2D eigenvalue weighted by Crippen LogP contribution is 1.74. The summed E-state index contributed by atoms with van der Waals surface area (Å²) in [6.07, 6.45) is -0.806. The average molecular weight is 222 g/mol. The number of rotatable bonds is 2. The Morgan fingerprint density at radius 1 is 0.867 bits per heavy atom. The zero-order valence-electron chi connectivity index (χ0n) is 7.39. The fourth-order valence-electron chi connectivity index (χ4n) is 0.260. The number of aliphatic carboxylic acids is 2. The minimum absolute atomic E-state index is 0.806. The molecular formula is C5H10N4O6. The van der Waals surface area contributed by atoms with Gasteiger partial charge >= 0.3 is 23.8 Å². The Labute approximate surface area is 83.2 Å². The van der Waals surface area contributed by atoms with Crippen LogP contribution in [0.15, 0.2) is 0 Å². The zero-order valence-corrected chi connectivity index (χ0v) is 7.39. The molecule has 0 saturated carbocycles. The van der Waals surface area contributed by atoms with E-state index in [1.54, 1.807) is 10.9 Å². The molecule has 0 aliphatic rings. The molecule has 86 valence electrons. The third-order valence-electron chi connectivity index (χ3n) is 0.771. The lowest BCUT2D eigenvalue weighted by molar-refractivity contribution is -0.147. The Hall–Kier alpha value is -2.20. The highest BCUT2D eigenvalue weighted by molar-refractivity contribution is 6.34. The molecule has 0 rings (SSSR count). The third-order valence-corrected chi connectivity index (χ3v) is 0.771. The first-order chi connectivity index (χ1) is 6.84. The number of carbonyl (C=O) groups excluding carboxylic acids is 2. The van der Waals surface area contributed by atoms with Gasteiger partial charge in [0.05, 0.1) is 0 Å². The predicted octanol–water partition coefficient (Wildman–Crippen LogP) is -3.49. The van der Waals surface area contributed by atoms with E-state index in [-0.39, 0.29) is 0 Å². The lowest BCUT2D eigenvalue weighted by atomic mass is 10.5. The first-order valence-corrected chi connectivity index (χ1v) is 3.30. The van der Waals surface area contributed by atoms with E-state index in [0.29, 0.717) is 0 Å². The van der Waals surface area contributed by atoms with Gasteiger partial charge in [-0.2, -0.15) is 0 Å². The molecule has 2 amide bonds. The van der Waals surface area contributed by atoms with Crippen LogP contribution in [0.5, 0.6) is 0 Å². The van der Waals surface area contributed by atoms with E-state index >= 15 is 0 Å². The van der Waals surface area contributed by atoms with E-state index in [4.69, 9.17) is 10.2 Å². The predicted molar refractivity (Wildman–Crippen MR) is 44.5 cm³/mol. The van der Waals surface area contributed by atoms with Crippen LogP contribution >= 0.6 is 0 Å². The first-order valence-electron chi connectivity index (χ1n) is 3.30. The molecule has 0 aliphatic heterocycles. The highest BCUT2D eigenvalue weighted by atomic mass is 16.4. The topological polar surface area (TPSA) is 185 Å². The van der Waals surface area contributed by atoms with E-state index < -0.39 is 30.2 Å². The standard InChI is InChI=1S/C3H4O4.C2H6N4O2/c4-2(5)1-3(6)7;3-5-1(7)2(8)6-4/h1H2,(H,4,5)(H,6,7);3-4H2,(H,5,7)(H,6,8). The molecule has 10 nitrogen and oxygen atoms in total. The molecule has 0 radical (unpaired) electrons. The van der Waals surface area contributed by atoms with Gasteiger partial charge in [-0.25, -0.2) is 11.7 Å². The van der Waals surface area contributed by atoms with Crippen molar-refractivity contribution in [3.05, 3.63) is 0 Å². The number of hydrazine groups is 2. The Kier molecular flexibility index (Phi) is 8.56. The van der Waals surface area contributed by atoms with Crippen molar-refractivity contribution in [2.24, 2.45) is 11.7 Å². The second-order valence-corrected chi connectivity index (χ2v) is 1.91. The zero-order chi connectivity index (χ0) is 12.4. The summed E-state index contributed by atoms with van der Waals surface area (Å²) in [6.45, 7) is 0. The number of hydrogen-bond donors (Lipinski definition) is 6. The van der Waals surface area contributed by atoms with Crippen LogP contribution in [0.25, 0.3) is 0 Å². The minimum Gasteiger partial charge on any atom is -0.481 e. The van der Waals surface area contributed by atoms with Crippen molar-refractivity contribution in [2.45, 2.75) is 6.42 Å². The molecule has 0 fully saturated rings. The highest BCUT2D eigenvalue weighted by Gasteiger charge is 2.07. The molecule has 0 aromatic rings. The quantitative estimate of drug-likeness (QED) is 0.0913. The van der Waals surface area contributed by atoms with Crippen LogP contribution in [-0.4, -0.2) is 34.0 Å². The Bertz CT molecular complexity index is 238. The second-order valence-electron chi connectivity index (χ2n) is 1.91. The van der Waals surface area contributed by atoms with Gasteiger partial charge in [0.25, 0.3) is 0 Å². The number of carbonyl (C=O) groups is 4. The summed E-state index contributed by atoms with van der Waals surface area (Å²) in [5, 5.41) is 15.4. The molecule has 0 spiro atoms. The Balaban J connectivity index is 0. The molecule has 0 atom stereocenters. The summed E-state index contributed by atoms with van der Waals surface area (Å²) >= 11 is 0. The Morgan fingerprint density at radius 2 is 1.13 bits per heavy atom. The van der Waals surface area contributed by atoms with Gasteiger partial charge in [-0.15, -0.1) is 0 Å². The van der Waals surface area contributed by atoms with Gasteiger partial charge in [-0.1, -0.05) is 0 Å². The molecule has 0 saturated heterocycles. The second kappa shape index (κ2) is 8.40. The van der Waals surface area contributed by atoms with Gasteiger partial charge in [0.15, 0.2) is 0 Å². The Morgan fingerprint density at radius 3 is 1.20 bits per heavy atom. The number of nitrogens with two attached hydrogens (primary N) is 2. The molecule has 0 bridgehead atoms. The SMILES string of the molecule is NNC(=O)C(=O)NN.O=C(O)CC(=O)O. The maximum Gasteiger partial charge on any atom is 0.324 e. The largest absolute Gasteiger partial charge is 0.481 e. The van der Waals surface area contributed by atoms with Crippen molar-refractivity contribution >= 4 is 23.8 Å². The molecule has 0 aromatic heterocycles. The number of amides is 2. The van der Waals surface area contributed by atoms with Crippen LogP contribution in [0.2, 0.25) is 0 Å². The van der Waals surface area contributed by atoms with Crippen molar-refractivity contribution < 1.29 is 29.4 Å². The van der Waals surface area contributed by atoms with E-state index in [1.807, 2.05) is 0 Å². The lowest BCUT2D eigenvalue weighted by Crippen LogP contribution is -2.45. The summed E-state index contributed by atoms with van der Waals surface area (Å²) in [5.74, 6) is 4.51. The molecule has 10 heteroatoms. The summed E-state index contributed by atoms with van der Waals surface area (Å²) in [7, 11) is 0. The molecule has 0 heterocycles. The molecule has 0 aliphatic carbocycles. The average Bonchev–Trinajstić information content (AvgIpc) is 2.14. The molecule has 0 aromatic carbocycles. The van der Waals surface area contributed by atoms with Crippen LogP contribution in [0.1, 0.15) is 6.42 Å². The molecular weight excluding hydrogens is 212 g/mol. The van der Waals surface area contributed by atoms with E-state index in [1.165, 1.54) is 0 Å². The van der Waals surface area contributed by atoms with Gasteiger partial charge in [0, 0.05) is 0 Å². The van der Waals surface area contributed by atoms with Gasteiger partial charge in [-0.3, -0.25) is 30.0 Å². The van der Waals surface area contributed by atoms with Crippen molar-refractivity contribution in [3.63, 3.8) is 0 Å². The van der Waals surface area contributed by atoms with E-state index in [0.717, 1.165) is 0 Å². The van der Waals surface area contributed by atoms with Crippen LogP contribution in [-0.2, 0) is 19.2 Å². The summed E-state index contributed by atoms with van der Waals surface area (Å²) in [4.78, 5) is 38.9. The summed E-state index contributed by atoms with van der Waals surface area (Å²) in [6, 6.07) is 0. The van der Waals surface area contributed by atoms with Crippen LogP contribution in [0, 0.1) is 0 Å². The van der Waals surface area contributed by atoms with E-state index in [9.17, 15) is 19.2 Å². The van der Waals surface area contributed by atoms with Gasteiger partial charge in [-0.05, 0) is 0 Å². The third kappa shape index (κ3) is 11.8. The number of nitrogens with one attached hydrogen (secondary N) is 2. The molecule has 15 heavy (non-hydrogen) atoms. The van der Waals surface area contributed by atoms with Crippen LogP contribution in [0.4, 0.5) is 0 Å². The number of carboxylic acids is 2. The van der Waals surface area contributed by atoms with Gasteiger partial charge < -0.3 is 10.2 Å². The van der Waals surface area contributed by atoms with Crippen molar-refractivity contribution in [3.8, 4) is 0 Å². The lowest BCUT2D eigenvalue weighted by Gasteiger charge is -1.93. The van der Waals surface area contributed by atoms with Gasteiger partial charge in [0.2, 0.25) is 0 Å². The molecule has 8 N–H and O–H groups in total. The molecule has 0 unspecified atom stereocenters. The number of hydrogen-bond acceptors (Lipinski definition) is 6. The van der Waals surface area contributed by atoms with Crippen LogP contribution < -0.4 is 22.5 Å². The fraction of sp³-hybridized carbons (Fsp3) is 0.200. The minimum atomic E-state index is -1.31. The van der Waals surface area contributed by atoms with Crippen molar-refractivity contribution in [2.75, 3.05) is 0 Å². The van der Waals surface area contributed by atoms with Crippen molar-refractivity contribution in [1.82, 2.24) is 10.9 Å².